The standard InChI is InChI=1S/C9H15N3/c1-7(2)8(5-10)9-6-11-3-4-12-9/h3-4,6-8H,5,10H2,1-2H3/t8-/m1/s1. The minimum atomic E-state index is 0.332. The van der Waals surface area contributed by atoms with Crippen LogP contribution in [-0.2, 0) is 0 Å². The number of nitrogens with zero attached hydrogens (tertiary/aromatic N) is 2. The molecule has 66 valence electrons. The summed E-state index contributed by atoms with van der Waals surface area (Å²) < 4.78 is 0. The quantitative estimate of drug-likeness (QED) is 0.731. The van der Waals surface area contributed by atoms with Gasteiger partial charge in [-0.05, 0) is 5.92 Å². The summed E-state index contributed by atoms with van der Waals surface area (Å²) in [5, 5.41) is 0. The van der Waals surface area contributed by atoms with Crippen molar-refractivity contribution in [1.29, 1.82) is 0 Å². The van der Waals surface area contributed by atoms with E-state index in [-0.39, 0.29) is 0 Å². The lowest BCUT2D eigenvalue weighted by molar-refractivity contribution is 0.494. The molecule has 0 aliphatic heterocycles. The molecule has 1 atom stereocenters. The van der Waals surface area contributed by atoms with Gasteiger partial charge in [0, 0.05) is 31.1 Å². The van der Waals surface area contributed by atoms with E-state index in [0.29, 0.717) is 18.4 Å². The summed E-state index contributed by atoms with van der Waals surface area (Å²) in [6.45, 7) is 4.93. The molecule has 1 heterocycles. The molecular formula is C9H15N3. The second-order valence-electron chi connectivity index (χ2n) is 3.22. The molecule has 0 amide bonds. The van der Waals surface area contributed by atoms with Gasteiger partial charge < -0.3 is 5.73 Å². The van der Waals surface area contributed by atoms with Crippen molar-refractivity contribution in [3.8, 4) is 0 Å². The van der Waals surface area contributed by atoms with Crippen LogP contribution in [-0.4, -0.2) is 16.5 Å². The molecule has 1 aromatic heterocycles. The highest BCUT2D eigenvalue weighted by Crippen LogP contribution is 2.19. The van der Waals surface area contributed by atoms with E-state index in [0.717, 1.165) is 5.69 Å². The largest absolute Gasteiger partial charge is 0.330 e. The first kappa shape index (κ1) is 9.13. The Morgan fingerprint density at radius 2 is 2.17 bits per heavy atom. The second kappa shape index (κ2) is 4.16. The monoisotopic (exact) mass is 165 g/mol. The van der Waals surface area contributed by atoms with E-state index in [2.05, 4.69) is 23.8 Å². The van der Waals surface area contributed by atoms with Crippen molar-refractivity contribution in [2.24, 2.45) is 11.7 Å². The topological polar surface area (TPSA) is 51.8 Å². The SMILES string of the molecule is CC(C)[C@@H](CN)c1cnccn1. The van der Waals surface area contributed by atoms with Gasteiger partial charge in [-0.3, -0.25) is 9.97 Å². The molecule has 0 saturated heterocycles. The Kier molecular flexibility index (Phi) is 3.17. The fourth-order valence-electron chi connectivity index (χ4n) is 1.24. The van der Waals surface area contributed by atoms with Gasteiger partial charge in [0.15, 0.2) is 0 Å². The molecule has 1 aromatic rings. The first-order valence-corrected chi connectivity index (χ1v) is 4.21. The third kappa shape index (κ3) is 2.01. The van der Waals surface area contributed by atoms with E-state index >= 15 is 0 Å². The molecule has 0 aromatic carbocycles. The predicted octanol–water partition coefficient (Wildman–Crippen LogP) is 1.17. The van der Waals surface area contributed by atoms with Gasteiger partial charge in [0.25, 0.3) is 0 Å². The van der Waals surface area contributed by atoms with E-state index in [4.69, 9.17) is 5.73 Å². The van der Waals surface area contributed by atoms with E-state index < -0.39 is 0 Å². The molecule has 12 heavy (non-hydrogen) atoms. The smallest absolute Gasteiger partial charge is 0.0632 e. The molecule has 0 fully saturated rings. The third-order valence-electron chi connectivity index (χ3n) is 2.02. The molecule has 3 heteroatoms. The van der Waals surface area contributed by atoms with E-state index in [9.17, 15) is 0 Å². The maximum absolute atomic E-state index is 5.64. The zero-order valence-corrected chi connectivity index (χ0v) is 7.57. The lowest BCUT2D eigenvalue weighted by Gasteiger charge is -2.16. The van der Waals surface area contributed by atoms with Crippen molar-refractivity contribution < 1.29 is 0 Å². The van der Waals surface area contributed by atoms with Crippen LogP contribution in [0, 0.1) is 5.92 Å². The van der Waals surface area contributed by atoms with Crippen molar-refractivity contribution in [2.45, 2.75) is 19.8 Å². The average molecular weight is 165 g/mol. The molecule has 0 aliphatic rings. The summed E-state index contributed by atoms with van der Waals surface area (Å²) in [6, 6.07) is 0. The maximum atomic E-state index is 5.64. The molecular weight excluding hydrogens is 150 g/mol. The number of hydrogen-bond donors (Lipinski definition) is 1. The zero-order valence-electron chi connectivity index (χ0n) is 7.57. The number of rotatable bonds is 3. The fraction of sp³-hybridized carbons (Fsp3) is 0.556. The highest BCUT2D eigenvalue weighted by Gasteiger charge is 2.14. The van der Waals surface area contributed by atoms with Crippen LogP contribution in [0.1, 0.15) is 25.5 Å². The van der Waals surface area contributed by atoms with Crippen molar-refractivity contribution in [3.63, 3.8) is 0 Å². The summed E-state index contributed by atoms with van der Waals surface area (Å²) in [5.74, 6) is 0.852. The number of nitrogens with two attached hydrogens (primary N) is 1. The zero-order chi connectivity index (χ0) is 8.97. The van der Waals surface area contributed by atoms with Crippen LogP contribution in [0.3, 0.4) is 0 Å². The highest BCUT2D eigenvalue weighted by atomic mass is 14.8. The Morgan fingerprint density at radius 1 is 1.42 bits per heavy atom. The van der Waals surface area contributed by atoms with Crippen LogP contribution in [0.25, 0.3) is 0 Å². The van der Waals surface area contributed by atoms with Gasteiger partial charge in [-0.15, -0.1) is 0 Å². The third-order valence-corrected chi connectivity index (χ3v) is 2.02. The Balaban J connectivity index is 2.80. The molecule has 2 N–H and O–H groups in total. The Hall–Kier alpha value is -0.960. The molecule has 0 radical (unpaired) electrons. The van der Waals surface area contributed by atoms with E-state index in [1.807, 2.05) is 0 Å². The van der Waals surface area contributed by atoms with Crippen molar-refractivity contribution in [2.75, 3.05) is 6.54 Å². The van der Waals surface area contributed by atoms with Crippen LogP contribution in [0.5, 0.6) is 0 Å². The second-order valence-corrected chi connectivity index (χ2v) is 3.22. The molecule has 0 unspecified atom stereocenters. The minimum Gasteiger partial charge on any atom is -0.330 e. The predicted molar refractivity (Wildman–Crippen MR) is 48.7 cm³/mol. The van der Waals surface area contributed by atoms with Gasteiger partial charge in [-0.25, -0.2) is 0 Å². The van der Waals surface area contributed by atoms with Gasteiger partial charge in [0.2, 0.25) is 0 Å². The van der Waals surface area contributed by atoms with E-state index in [1.165, 1.54) is 0 Å². The van der Waals surface area contributed by atoms with Crippen molar-refractivity contribution in [1.82, 2.24) is 9.97 Å². The molecule has 0 aliphatic carbocycles. The Bertz CT molecular complexity index is 220. The Morgan fingerprint density at radius 3 is 2.58 bits per heavy atom. The summed E-state index contributed by atoms with van der Waals surface area (Å²) in [4.78, 5) is 8.25. The summed E-state index contributed by atoms with van der Waals surface area (Å²) >= 11 is 0. The van der Waals surface area contributed by atoms with Gasteiger partial charge >= 0.3 is 0 Å². The van der Waals surface area contributed by atoms with E-state index in [1.54, 1.807) is 18.6 Å². The Labute approximate surface area is 73.0 Å². The van der Waals surface area contributed by atoms with Crippen LogP contribution in [0.15, 0.2) is 18.6 Å². The van der Waals surface area contributed by atoms with Gasteiger partial charge in [-0.1, -0.05) is 13.8 Å². The van der Waals surface area contributed by atoms with Gasteiger partial charge in [-0.2, -0.15) is 0 Å². The van der Waals surface area contributed by atoms with Crippen LogP contribution in [0.4, 0.5) is 0 Å². The van der Waals surface area contributed by atoms with Crippen molar-refractivity contribution in [3.05, 3.63) is 24.3 Å². The van der Waals surface area contributed by atoms with Crippen LogP contribution in [0.2, 0.25) is 0 Å². The molecule has 0 bridgehead atoms. The normalized spacial score (nSPS) is 13.3. The van der Waals surface area contributed by atoms with Gasteiger partial charge in [0.1, 0.15) is 0 Å². The minimum absolute atomic E-state index is 0.332. The summed E-state index contributed by atoms with van der Waals surface area (Å²) in [7, 11) is 0. The van der Waals surface area contributed by atoms with Crippen LogP contribution >= 0.6 is 0 Å². The van der Waals surface area contributed by atoms with Crippen LogP contribution < -0.4 is 5.73 Å². The lowest BCUT2D eigenvalue weighted by Crippen LogP contribution is -2.18. The molecule has 0 spiro atoms. The lowest BCUT2D eigenvalue weighted by atomic mass is 9.93. The molecule has 1 rings (SSSR count). The molecule has 3 nitrogen and oxygen atoms in total. The molecule has 0 saturated carbocycles. The average Bonchev–Trinajstić information content (AvgIpc) is 2.07. The maximum Gasteiger partial charge on any atom is 0.0632 e. The number of aromatic nitrogens is 2. The fourth-order valence-corrected chi connectivity index (χ4v) is 1.24. The first-order valence-electron chi connectivity index (χ1n) is 4.21. The number of hydrogen-bond acceptors (Lipinski definition) is 3. The van der Waals surface area contributed by atoms with Gasteiger partial charge in [0.05, 0.1) is 5.69 Å². The highest BCUT2D eigenvalue weighted by molar-refractivity contribution is 5.04. The van der Waals surface area contributed by atoms with Crippen molar-refractivity contribution >= 4 is 0 Å². The first-order chi connectivity index (χ1) is 5.75. The summed E-state index contributed by atoms with van der Waals surface area (Å²) in [5.41, 5.74) is 6.63. The summed E-state index contributed by atoms with van der Waals surface area (Å²) in [6.07, 6.45) is 5.18.